The van der Waals surface area contributed by atoms with Crippen molar-refractivity contribution in [1.82, 2.24) is 4.90 Å². The van der Waals surface area contributed by atoms with Crippen molar-refractivity contribution in [2.45, 2.75) is 51.6 Å². The van der Waals surface area contributed by atoms with Crippen molar-refractivity contribution in [3.8, 4) is 0 Å². The van der Waals surface area contributed by atoms with Crippen LogP contribution in [0.1, 0.15) is 46.0 Å². The predicted octanol–water partition coefficient (Wildman–Crippen LogP) is 2.52. The number of hydrogen-bond donors (Lipinski definition) is 1. The van der Waals surface area contributed by atoms with E-state index in [0.717, 1.165) is 37.8 Å². The Morgan fingerprint density at radius 2 is 1.75 bits per heavy atom. The number of piperidine rings is 1. The summed E-state index contributed by atoms with van der Waals surface area (Å²) in [6, 6.07) is 0. The van der Waals surface area contributed by atoms with Crippen LogP contribution in [-0.4, -0.2) is 35.7 Å². The zero-order valence-electron chi connectivity index (χ0n) is 11.1. The Labute approximate surface area is 100 Å². The van der Waals surface area contributed by atoms with Crippen molar-refractivity contribution in [1.29, 1.82) is 0 Å². The van der Waals surface area contributed by atoms with Gasteiger partial charge in [-0.2, -0.15) is 0 Å². The molecule has 1 aliphatic heterocycles. The average Bonchev–Trinajstić information content (AvgIpc) is 2.15. The van der Waals surface area contributed by atoms with Crippen LogP contribution in [0.5, 0.6) is 0 Å². The molecule has 2 aliphatic rings. The molecule has 0 amide bonds. The Morgan fingerprint density at radius 3 is 2.31 bits per heavy atom. The minimum atomic E-state index is -0.393. The van der Waals surface area contributed by atoms with E-state index in [1.54, 1.807) is 0 Å². The average molecular weight is 225 g/mol. The molecule has 0 aromatic heterocycles. The Hall–Kier alpha value is -0.0800. The monoisotopic (exact) mass is 225 g/mol. The van der Waals surface area contributed by atoms with E-state index in [1.807, 2.05) is 0 Å². The molecule has 0 aromatic carbocycles. The van der Waals surface area contributed by atoms with Gasteiger partial charge in [-0.3, -0.25) is 0 Å². The zero-order chi connectivity index (χ0) is 11.8. The molecule has 3 atom stereocenters. The highest BCUT2D eigenvalue weighted by molar-refractivity contribution is 4.95. The maximum absolute atomic E-state index is 10.9. The smallest absolute Gasteiger partial charge is 0.0802 e. The van der Waals surface area contributed by atoms with Crippen LogP contribution < -0.4 is 0 Å². The highest BCUT2D eigenvalue weighted by Gasteiger charge is 2.42. The normalized spacial score (nSPS) is 46.9. The molecule has 0 spiro atoms. The summed E-state index contributed by atoms with van der Waals surface area (Å²) in [5.74, 6) is 2.13. The maximum atomic E-state index is 10.9. The lowest BCUT2D eigenvalue weighted by Crippen LogP contribution is -2.52. The summed E-state index contributed by atoms with van der Waals surface area (Å²) in [5, 5.41) is 10.9. The summed E-state index contributed by atoms with van der Waals surface area (Å²) < 4.78 is 0. The van der Waals surface area contributed by atoms with Gasteiger partial charge in [0.2, 0.25) is 0 Å². The Kier molecular flexibility index (Phi) is 3.60. The summed E-state index contributed by atoms with van der Waals surface area (Å²) in [6.07, 6.45) is 5.99. The minimum absolute atomic E-state index is 0.393. The van der Waals surface area contributed by atoms with Gasteiger partial charge in [-0.25, -0.2) is 0 Å². The van der Waals surface area contributed by atoms with Crippen LogP contribution in [0, 0.1) is 17.8 Å². The largest absolute Gasteiger partial charge is 0.388 e. The van der Waals surface area contributed by atoms with Crippen LogP contribution in [0.2, 0.25) is 0 Å². The molecule has 2 heteroatoms. The lowest BCUT2D eigenvalue weighted by molar-refractivity contribution is -0.0899. The molecule has 2 rings (SSSR count). The first-order valence-electron chi connectivity index (χ1n) is 6.90. The van der Waals surface area contributed by atoms with Gasteiger partial charge in [-0.05, 0) is 63.5 Å². The van der Waals surface area contributed by atoms with Crippen molar-refractivity contribution in [2.75, 3.05) is 20.1 Å². The van der Waals surface area contributed by atoms with Gasteiger partial charge in [0.05, 0.1) is 5.60 Å². The minimum Gasteiger partial charge on any atom is -0.388 e. The molecule has 1 heterocycles. The third-order valence-corrected chi connectivity index (χ3v) is 4.63. The van der Waals surface area contributed by atoms with Crippen molar-refractivity contribution in [2.24, 2.45) is 17.8 Å². The van der Waals surface area contributed by atoms with Crippen molar-refractivity contribution in [3.63, 3.8) is 0 Å². The summed E-state index contributed by atoms with van der Waals surface area (Å²) in [7, 11) is 2.14. The standard InChI is InChI=1S/C14H27NO/c1-11-7-12(2)9-13(8-11)14(16)5-4-6-15(3)10-14/h11-13,16H,4-10H2,1-3H3. The van der Waals surface area contributed by atoms with Crippen LogP contribution in [0.15, 0.2) is 0 Å². The molecular formula is C14H27NO. The molecule has 94 valence electrons. The van der Waals surface area contributed by atoms with Crippen LogP contribution in [0.3, 0.4) is 0 Å². The van der Waals surface area contributed by atoms with Gasteiger partial charge in [0.1, 0.15) is 0 Å². The van der Waals surface area contributed by atoms with E-state index in [1.165, 1.54) is 19.3 Å². The van der Waals surface area contributed by atoms with Crippen molar-refractivity contribution in [3.05, 3.63) is 0 Å². The van der Waals surface area contributed by atoms with E-state index < -0.39 is 5.60 Å². The molecule has 1 N–H and O–H groups in total. The molecule has 2 nitrogen and oxygen atoms in total. The van der Waals surface area contributed by atoms with Gasteiger partial charge in [0.25, 0.3) is 0 Å². The second-order valence-electron chi connectivity index (χ2n) is 6.56. The third-order valence-electron chi connectivity index (χ3n) is 4.63. The van der Waals surface area contributed by atoms with Crippen molar-refractivity contribution < 1.29 is 5.11 Å². The van der Waals surface area contributed by atoms with E-state index in [2.05, 4.69) is 25.8 Å². The van der Waals surface area contributed by atoms with Gasteiger partial charge < -0.3 is 10.0 Å². The molecule has 1 saturated heterocycles. The number of hydrogen-bond acceptors (Lipinski definition) is 2. The van der Waals surface area contributed by atoms with Crippen molar-refractivity contribution >= 4 is 0 Å². The number of likely N-dealkylation sites (N-methyl/N-ethyl adjacent to an activating group) is 1. The van der Waals surface area contributed by atoms with Crippen LogP contribution in [-0.2, 0) is 0 Å². The maximum Gasteiger partial charge on any atom is 0.0802 e. The molecule has 0 bridgehead atoms. The Balaban J connectivity index is 2.04. The second kappa shape index (κ2) is 4.66. The van der Waals surface area contributed by atoms with Gasteiger partial charge in [-0.1, -0.05) is 13.8 Å². The fourth-order valence-electron chi connectivity index (χ4n) is 4.00. The van der Waals surface area contributed by atoms with Crippen LogP contribution >= 0.6 is 0 Å². The van der Waals surface area contributed by atoms with Crippen LogP contribution in [0.25, 0.3) is 0 Å². The summed E-state index contributed by atoms with van der Waals surface area (Å²) >= 11 is 0. The predicted molar refractivity (Wildman–Crippen MR) is 67.3 cm³/mol. The SMILES string of the molecule is CC1CC(C)CC(C2(O)CCCN(C)C2)C1. The van der Waals surface area contributed by atoms with E-state index in [0.29, 0.717) is 5.92 Å². The molecular weight excluding hydrogens is 198 g/mol. The van der Waals surface area contributed by atoms with E-state index in [9.17, 15) is 5.11 Å². The molecule has 0 radical (unpaired) electrons. The Morgan fingerprint density at radius 1 is 1.12 bits per heavy atom. The summed E-state index contributed by atoms with van der Waals surface area (Å²) in [5.41, 5.74) is -0.393. The number of aliphatic hydroxyl groups is 1. The molecule has 0 aromatic rings. The number of likely N-dealkylation sites (tertiary alicyclic amines) is 1. The Bertz CT molecular complexity index is 233. The summed E-state index contributed by atoms with van der Waals surface area (Å²) in [6.45, 7) is 6.73. The topological polar surface area (TPSA) is 23.5 Å². The van der Waals surface area contributed by atoms with Gasteiger partial charge >= 0.3 is 0 Å². The third kappa shape index (κ3) is 2.60. The number of rotatable bonds is 1. The molecule has 1 saturated carbocycles. The van der Waals surface area contributed by atoms with Gasteiger partial charge in [-0.15, -0.1) is 0 Å². The van der Waals surface area contributed by atoms with Gasteiger partial charge in [0, 0.05) is 6.54 Å². The van der Waals surface area contributed by atoms with Crippen LogP contribution in [0.4, 0.5) is 0 Å². The number of β-amino-alcohol motifs (C(OH)–C–C–N with tert-alkyl or cyclic N) is 1. The lowest BCUT2D eigenvalue weighted by Gasteiger charge is -2.46. The fourth-order valence-corrected chi connectivity index (χ4v) is 4.00. The zero-order valence-corrected chi connectivity index (χ0v) is 11.1. The van der Waals surface area contributed by atoms with E-state index in [-0.39, 0.29) is 0 Å². The first-order chi connectivity index (χ1) is 7.49. The number of nitrogens with zero attached hydrogens (tertiary/aromatic N) is 1. The van der Waals surface area contributed by atoms with E-state index >= 15 is 0 Å². The quantitative estimate of drug-likeness (QED) is 0.741. The van der Waals surface area contributed by atoms with E-state index in [4.69, 9.17) is 0 Å². The molecule has 16 heavy (non-hydrogen) atoms. The van der Waals surface area contributed by atoms with Gasteiger partial charge in [0.15, 0.2) is 0 Å². The first kappa shape index (κ1) is 12.4. The highest BCUT2D eigenvalue weighted by Crippen LogP contribution is 2.41. The lowest BCUT2D eigenvalue weighted by atomic mass is 9.67. The fraction of sp³-hybridized carbons (Fsp3) is 1.00. The highest BCUT2D eigenvalue weighted by atomic mass is 16.3. The first-order valence-corrected chi connectivity index (χ1v) is 6.90. The summed E-state index contributed by atoms with van der Waals surface area (Å²) in [4.78, 5) is 2.30. The molecule has 3 unspecified atom stereocenters. The molecule has 1 aliphatic carbocycles. The molecule has 2 fully saturated rings. The second-order valence-corrected chi connectivity index (χ2v) is 6.56.